The van der Waals surface area contributed by atoms with Crippen molar-refractivity contribution in [2.24, 2.45) is 11.8 Å². The first-order valence-corrected chi connectivity index (χ1v) is 4.28. The van der Waals surface area contributed by atoms with Crippen LogP contribution in [0.4, 0.5) is 0 Å². The molecule has 0 spiro atoms. The predicted molar refractivity (Wildman–Crippen MR) is 46.3 cm³/mol. The van der Waals surface area contributed by atoms with Gasteiger partial charge in [-0.3, -0.25) is 4.79 Å². The molecule has 0 radical (unpaired) electrons. The molecule has 1 fully saturated rings. The molecule has 1 aliphatic rings. The Morgan fingerprint density at radius 3 is 2.55 bits per heavy atom. The number of carbonyl (C=O) groups excluding carboxylic acids is 1. The van der Waals surface area contributed by atoms with Gasteiger partial charge in [0.25, 0.3) is 0 Å². The van der Waals surface area contributed by atoms with Gasteiger partial charge in [-0.25, -0.2) is 0 Å². The van der Waals surface area contributed by atoms with Gasteiger partial charge in [-0.15, -0.1) is 0 Å². The van der Waals surface area contributed by atoms with E-state index in [2.05, 4.69) is 20.4 Å². The molecule has 1 rings (SSSR count). The number of Topliss-reactive ketones (excluding diaryl/α,β-unsaturated/α-hetero) is 1. The molecule has 11 heavy (non-hydrogen) atoms. The van der Waals surface area contributed by atoms with Crippen molar-refractivity contribution in [1.29, 1.82) is 0 Å². The maximum Gasteiger partial charge on any atom is 0.137 e. The molecule has 1 nitrogen and oxygen atoms in total. The van der Waals surface area contributed by atoms with Crippen molar-refractivity contribution in [3.05, 3.63) is 12.2 Å². The Labute approximate surface area is 68.5 Å². The Morgan fingerprint density at radius 2 is 2.09 bits per heavy atom. The molecule has 0 aliphatic heterocycles. The minimum Gasteiger partial charge on any atom is -0.299 e. The second-order valence-electron chi connectivity index (χ2n) is 3.88. The molecule has 0 aromatic heterocycles. The van der Waals surface area contributed by atoms with Crippen LogP contribution in [0.5, 0.6) is 0 Å². The van der Waals surface area contributed by atoms with E-state index < -0.39 is 0 Å². The molecule has 0 heterocycles. The highest BCUT2D eigenvalue weighted by molar-refractivity contribution is 5.82. The summed E-state index contributed by atoms with van der Waals surface area (Å²) in [4.78, 5) is 11.1. The Balaban J connectivity index is 2.56. The van der Waals surface area contributed by atoms with Gasteiger partial charge in [-0.05, 0) is 18.3 Å². The van der Waals surface area contributed by atoms with Gasteiger partial charge in [0.1, 0.15) is 5.78 Å². The van der Waals surface area contributed by atoms with Crippen molar-refractivity contribution in [1.82, 2.24) is 0 Å². The molecule has 0 saturated heterocycles. The van der Waals surface area contributed by atoms with Crippen LogP contribution >= 0.6 is 0 Å². The molecular weight excluding hydrogens is 136 g/mol. The molecule has 0 amide bonds. The first-order chi connectivity index (χ1) is 5.09. The monoisotopic (exact) mass is 152 g/mol. The van der Waals surface area contributed by atoms with Gasteiger partial charge in [0.05, 0.1) is 0 Å². The Kier molecular flexibility index (Phi) is 2.48. The summed E-state index contributed by atoms with van der Waals surface area (Å²) in [7, 11) is 0. The maximum absolute atomic E-state index is 11.1. The summed E-state index contributed by atoms with van der Waals surface area (Å²) in [5.41, 5.74) is 1.12. The average molecular weight is 152 g/mol. The lowest BCUT2D eigenvalue weighted by molar-refractivity contribution is -0.120. The van der Waals surface area contributed by atoms with Crippen molar-refractivity contribution in [3.63, 3.8) is 0 Å². The van der Waals surface area contributed by atoms with Crippen molar-refractivity contribution in [2.45, 2.75) is 33.1 Å². The van der Waals surface area contributed by atoms with Gasteiger partial charge in [-0.2, -0.15) is 0 Å². The zero-order valence-corrected chi connectivity index (χ0v) is 7.39. The predicted octanol–water partition coefficient (Wildman–Crippen LogP) is 2.57. The third-order valence-corrected chi connectivity index (χ3v) is 2.43. The van der Waals surface area contributed by atoms with Gasteiger partial charge < -0.3 is 0 Å². The molecule has 1 saturated carbocycles. The van der Waals surface area contributed by atoms with E-state index in [-0.39, 0.29) is 0 Å². The highest BCUT2D eigenvalue weighted by Gasteiger charge is 2.23. The van der Waals surface area contributed by atoms with Crippen LogP contribution in [-0.4, -0.2) is 5.78 Å². The zero-order chi connectivity index (χ0) is 8.43. The van der Waals surface area contributed by atoms with Crippen molar-refractivity contribution < 1.29 is 4.79 Å². The third-order valence-electron chi connectivity index (χ3n) is 2.43. The van der Waals surface area contributed by atoms with Gasteiger partial charge in [0.15, 0.2) is 0 Å². The Bertz CT molecular complexity index is 163. The summed E-state index contributed by atoms with van der Waals surface area (Å²) in [6.07, 6.45) is 2.46. The van der Waals surface area contributed by atoms with Crippen molar-refractivity contribution >= 4 is 5.78 Å². The molecule has 0 bridgehead atoms. The number of hydrogen-bond acceptors (Lipinski definition) is 1. The van der Waals surface area contributed by atoms with E-state index in [1.54, 1.807) is 0 Å². The molecule has 1 unspecified atom stereocenters. The smallest absolute Gasteiger partial charge is 0.137 e. The largest absolute Gasteiger partial charge is 0.299 e. The Hall–Kier alpha value is -0.590. The van der Waals surface area contributed by atoms with Crippen LogP contribution in [0.2, 0.25) is 0 Å². The van der Waals surface area contributed by atoms with Crippen LogP contribution in [0.25, 0.3) is 0 Å². The highest BCUT2D eigenvalue weighted by Crippen LogP contribution is 2.30. The molecule has 0 aromatic carbocycles. The second kappa shape index (κ2) is 3.21. The summed E-state index contributed by atoms with van der Waals surface area (Å²) >= 11 is 0. The summed E-state index contributed by atoms with van der Waals surface area (Å²) < 4.78 is 0. The minimum absolute atomic E-state index is 0.375. The van der Waals surface area contributed by atoms with E-state index in [1.165, 1.54) is 0 Å². The van der Waals surface area contributed by atoms with Crippen LogP contribution in [0.3, 0.4) is 0 Å². The van der Waals surface area contributed by atoms with Crippen LogP contribution in [-0.2, 0) is 4.79 Å². The number of ketones is 1. The van der Waals surface area contributed by atoms with Gasteiger partial charge in [0.2, 0.25) is 0 Å². The first-order valence-electron chi connectivity index (χ1n) is 4.28. The molecule has 62 valence electrons. The van der Waals surface area contributed by atoms with Crippen LogP contribution < -0.4 is 0 Å². The van der Waals surface area contributed by atoms with Crippen LogP contribution in [0, 0.1) is 11.8 Å². The number of rotatable bonds is 1. The van der Waals surface area contributed by atoms with E-state index in [9.17, 15) is 4.79 Å². The van der Waals surface area contributed by atoms with E-state index in [4.69, 9.17) is 0 Å². The molecule has 1 atom stereocenters. The maximum atomic E-state index is 11.1. The lowest BCUT2D eigenvalue weighted by Gasteiger charge is -2.25. The molecule has 0 N–H and O–H groups in total. The van der Waals surface area contributed by atoms with Crippen LogP contribution in [0.1, 0.15) is 33.1 Å². The average Bonchev–Trinajstić information content (AvgIpc) is 1.85. The van der Waals surface area contributed by atoms with Gasteiger partial charge in [-0.1, -0.05) is 26.0 Å². The summed E-state index contributed by atoms with van der Waals surface area (Å²) in [5.74, 6) is 1.56. The topological polar surface area (TPSA) is 17.1 Å². The lowest BCUT2D eigenvalue weighted by atomic mass is 9.79. The minimum atomic E-state index is 0.375. The number of hydrogen-bond donors (Lipinski definition) is 0. The fourth-order valence-electron chi connectivity index (χ4n) is 1.63. The molecule has 1 aliphatic carbocycles. The van der Waals surface area contributed by atoms with E-state index in [0.29, 0.717) is 24.0 Å². The summed E-state index contributed by atoms with van der Waals surface area (Å²) in [6, 6.07) is 0. The fourth-order valence-corrected chi connectivity index (χ4v) is 1.63. The van der Waals surface area contributed by atoms with Crippen LogP contribution in [0.15, 0.2) is 12.2 Å². The van der Waals surface area contributed by atoms with E-state index in [0.717, 1.165) is 18.4 Å². The van der Waals surface area contributed by atoms with Gasteiger partial charge in [0, 0.05) is 12.8 Å². The normalized spacial score (nSPS) is 26.3. The standard InChI is InChI=1S/C10H16O/c1-7(2)9-4-8(3)5-10(11)6-9/h7,9H,3-6H2,1-2H3. The molecular formula is C10H16O. The zero-order valence-electron chi connectivity index (χ0n) is 7.39. The van der Waals surface area contributed by atoms with E-state index in [1.807, 2.05) is 0 Å². The first kappa shape index (κ1) is 8.51. The second-order valence-corrected chi connectivity index (χ2v) is 3.88. The number of allylic oxidation sites excluding steroid dienone is 1. The lowest BCUT2D eigenvalue weighted by Crippen LogP contribution is -2.20. The quantitative estimate of drug-likeness (QED) is 0.528. The summed E-state index contributed by atoms with van der Waals surface area (Å²) in [5, 5.41) is 0. The third kappa shape index (κ3) is 2.18. The fraction of sp³-hybridized carbons (Fsp3) is 0.700. The van der Waals surface area contributed by atoms with Crippen molar-refractivity contribution in [2.75, 3.05) is 0 Å². The SMILES string of the molecule is C=C1CC(=O)CC(C(C)C)C1. The summed E-state index contributed by atoms with van der Waals surface area (Å²) in [6.45, 7) is 8.23. The Morgan fingerprint density at radius 1 is 1.45 bits per heavy atom. The van der Waals surface area contributed by atoms with Gasteiger partial charge >= 0.3 is 0 Å². The molecule has 1 heteroatoms. The van der Waals surface area contributed by atoms with Crippen molar-refractivity contribution in [3.8, 4) is 0 Å². The number of carbonyl (C=O) groups is 1. The highest BCUT2D eigenvalue weighted by atomic mass is 16.1. The van der Waals surface area contributed by atoms with E-state index >= 15 is 0 Å². The molecule has 0 aromatic rings.